The van der Waals surface area contributed by atoms with Crippen LogP contribution >= 0.6 is 72.0 Å². The average molecular weight is 1550 g/mol. The number of alkyl carbamates (subject to hydrolysis) is 1. The van der Waals surface area contributed by atoms with E-state index in [-0.39, 0.29) is 55.5 Å². The molecule has 3 aromatic rings. The van der Waals surface area contributed by atoms with E-state index in [1.165, 1.54) is 48.0 Å². The maximum Gasteiger partial charge on any atom is 0.519 e. The minimum absolute atomic E-state index is 0. The van der Waals surface area contributed by atoms with Crippen LogP contribution in [0.15, 0.2) is 73.6 Å². The number of pyridine rings is 3. The van der Waals surface area contributed by atoms with Gasteiger partial charge in [0.1, 0.15) is 28.0 Å². The second kappa shape index (κ2) is 57.3. The summed E-state index contributed by atoms with van der Waals surface area (Å²) in [6.45, 7) is 45.8. The third kappa shape index (κ3) is 59.0. The van der Waals surface area contributed by atoms with Gasteiger partial charge in [-0.25, -0.2) is 24.0 Å². The topological polar surface area (TPSA) is 264 Å². The summed E-state index contributed by atoms with van der Waals surface area (Å²) < 4.78 is 29.3. The lowest BCUT2D eigenvalue weighted by Gasteiger charge is -2.36. The number of nitrogens with two attached hydrogens (primary N) is 1. The van der Waals surface area contributed by atoms with Crippen LogP contribution in [0, 0.1) is 0 Å². The SMILES string of the molecule is CC(C)(C)OC(=O)NCCCCl.CC(C)(C)OC(=O)OC(=O)OC(C)(C)C.CN(CCCCl)C(=O)OC(C)(C)C.CN(CCCN1CCN(c2ccncc2)CC1)C(=O)OC(C)(C)C.CNCCCN1CCN(c2ccncc2)CC1.Cl.Cl.Cl.NCCCCl.c1cc(N2CCNCC2)ccn1. The Morgan fingerprint density at radius 2 is 0.792 bits per heavy atom. The van der Waals surface area contributed by atoms with Gasteiger partial charge in [-0.2, -0.15) is 0 Å². The minimum atomic E-state index is -1.06. The molecule has 0 bridgehead atoms. The molecule has 3 aliphatic rings. The van der Waals surface area contributed by atoms with Gasteiger partial charge in [0.05, 0.1) is 0 Å². The number of rotatable bonds is 19. The molecule has 3 saturated heterocycles. The molecule has 31 heteroatoms. The van der Waals surface area contributed by atoms with Gasteiger partial charge in [0.15, 0.2) is 0 Å². The second-order valence-electron chi connectivity index (χ2n) is 28.0. The van der Waals surface area contributed by atoms with E-state index < -0.39 is 40.3 Å². The van der Waals surface area contributed by atoms with Crippen LogP contribution in [-0.4, -0.2) is 256 Å². The third-order valence-electron chi connectivity index (χ3n) is 13.1. The largest absolute Gasteiger partial charge is 0.519 e. The molecule has 0 radical (unpaired) electrons. The van der Waals surface area contributed by atoms with E-state index >= 15 is 0 Å². The molecule has 3 aromatic heterocycles. The molecule has 25 nitrogen and oxygen atoms in total. The minimum Gasteiger partial charge on any atom is -0.444 e. The van der Waals surface area contributed by atoms with Crippen LogP contribution in [0.5, 0.6) is 0 Å². The maximum atomic E-state index is 11.9. The van der Waals surface area contributed by atoms with Gasteiger partial charge in [0.25, 0.3) is 0 Å². The summed E-state index contributed by atoms with van der Waals surface area (Å²) >= 11 is 16.2. The molecule has 3 fully saturated rings. The fraction of sp³-hybridized carbons (Fsp3) is 0.714. The lowest BCUT2D eigenvalue weighted by Crippen LogP contribution is -2.47. The Morgan fingerprint density at radius 3 is 1.10 bits per heavy atom. The molecule has 0 aromatic carbocycles. The van der Waals surface area contributed by atoms with Crippen molar-refractivity contribution in [1.29, 1.82) is 0 Å². The maximum absolute atomic E-state index is 11.9. The van der Waals surface area contributed by atoms with Gasteiger partial charge in [-0.1, -0.05) is 0 Å². The van der Waals surface area contributed by atoms with Crippen molar-refractivity contribution in [2.24, 2.45) is 5.73 Å². The number of aromatic nitrogens is 3. The summed E-state index contributed by atoms with van der Waals surface area (Å²) in [5, 5.41) is 9.12. The number of amides is 3. The molecular formula is C70H128Cl6N14O11. The molecule has 5 N–H and O–H groups in total. The van der Waals surface area contributed by atoms with Gasteiger partial charge in [-0.3, -0.25) is 24.8 Å². The monoisotopic (exact) mass is 1550 g/mol. The van der Waals surface area contributed by atoms with E-state index in [0.717, 1.165) is 111 Å². The van der Waals surface area contributed by atoms with Crippen molar-refractivity contribution in [3.63, 3.8) is 0 Å². The van der Waals surface area contributed by atoms with E-state index in [4.69, 9.17) is 64.2 Å². The number of piperazine rings is 3. The van der Waals surface area contributed by atoms with Crippen molar-refractivity contribution in [3.8, 4) is 0 Å². The van der Waals surface area contributed by atoms with Crippen LogP contribution < -0.4 is 36.4 Å². The zero-order chi connectivity index (χ0) is 74.2. The van der Waals surface area contributed by atoms with Crippen molar-refractivity contribution >= 4 is 120 Å². The zero-order valence-electron chi connectivity index (χ0n) is 63.9. The number of carbonyl (C=O) groups is 5. The fourth-order valence-electron chi connectivity index (χ4n) is 8.48. The Balaban J connectivity index is -0.000000557. The first-order valence-electron chi connectivity index (χ1n) is 34.1. The molecule has 0 spiro atoms. The summed E-state index contributed by atoms with van der Waals surface area (Å²) in [5.41, 5.74) is 6.21. The Hall–Kier alpha value is -5.06. The average Bonchev–Trinajstić information content (AvgIpc) is 0.881. The van der Waals surface area contributed by atoms with Crippen LogP contribution in [0.25, 0.3) is 0 Å². The van der Waals surface area contributed by atoms with Gasteiger partial charge >= 0.3 is 30.6 Å². The lowest BCUT2D eigenvalue weighted by atomic mass is 10.2. The Kier molecular flexibility index (Phi) is 58.0. The number of nitrogens with zero attached hydrogens (tertiary/aromatic N) is 10. The van der Waals surface area contributed by atoms with E-state index in [9.17, 15) is 24.0 Å². The van der Waals surface area contributed by atoms with Crippen LogP contribution in [0.3, 0.4) is 0 Å². The van der Waals surface area contributed by atoms with Crippen LogP contribution in [-0.2, 0) is 28.4 Å². The molecule has 586 valence electrons. The first-order chi connectivity index (χ1) is 45.9. The zero-order valence-corrected chi connectivity index (χ0v) is 68.6. The molecule has 0 saturated carbocycles. The number of carbonyl (C=O) groups excluding carboxylic acids is 5. The highest BCUT2D eigenvalue weighted by atomic mass is 35.5. The van der Waals surface area contributed by atoms with E-state index in [0.29, 0.717) is 37.3 Å². The van der Waals surface area contributed by atoms with Crippen molar-refractivity contribution in [2.75, 3.05) is 178 Å². The third-order valence-corrected chi connectivity index (χ3v) is 13.9. The highest BCUT2D eigenvalue weighted by Crippen LogP contribution is 2.18. The normalized spacial score (nSPS) is 13.8. The number of anilines is 3. The Labute approximate surface area is 639 Å². The van der Waals surface area contributed by atoms with Crippen molar-refractivity contribution in [2.45, 2.75) is 164 Å². The summed E-state index contributed by atoms with van der Waals surface area (Å²) in [4.78, 5) is 83.8. The standard InChI is InChI=1S/C18H30N4O2.C13H22N4.C10H18O5.C9H18ClNO2.C9H13N3.C8H16ClNO2.C3H8ClN.3ClH/c1-18(2,3)24-17(23)20(4)10-5-11-21-12-14-22(15-13-21)16-6-8-19-9-7-16;1-14-5-2-8-16-9-11-17(12-10-16)13-3-6-15-7-4-13;1-9(2,3)14-7(11)13-8(12)15-10(4,5)6;1-9(2,3)13-8(12)11(4)7-5-6-10;1-3-10-4-2-9(1)12-7-5-11-6-8-12;1-8(2,3)12-7(11)10-6-4-5-9;4-2-1-3-5;;;/h6-9H,5,10-15H2,1-4H3;3-4,6-7,14H,2,5,8-12H2,1H3;1-6H3;5-7H2,1-4H3;1-4,11H,5-8H2;4-6H2,1-3H3,(H,10,11);1-3,5H2;3*1H. The summed E-state index contributed by atoms with van der Waals surface area (Å²) in [6, 6.07) is 12.4. The number of hydrogen-bond donors (Lipinski definition) is 4. The summed E-state index contributed by atoms with van der Waals surface area (Å²) in [5.74, 6) is 1.80. The molecule has 0 atom stereocenters. The molecular weight excluding hydrogens is 1430 g/mol. The Bertz CT molecular complexity index is 2510. The quantitative estimate of drug-likeness (QED) is 0.0286. The van der Waals surface area contributed by atoms with E-state index in [1.54, 1.807) is 60.5 Å². The van der Waals surface area contributed by atoms with Gasteiger partial charge < -0.3 is 74.6 Å². The molecule has 101 heavy (non-hydrogen) atoms. The first kappa shape index (κ1) is 102. The molecule has 6 rings (SSSR count). The number of hydrogen-bond acceptors (Lipinski definition) is 22. The predicted octanol–water partition coefficient (Wildman–Crippen LogP) is 13.1. The molecule has 3 aliphatic heterocycles. The fourth-order valence-corrected chi connectivity index (χ4v) is 8.88. The van der Waals surface area contributed by atoms with Gasteiger partial charge in [-0.15, -0.1) is 72.0 Å². The second-order valence-corrected chi connectivity index (χ2v) is 29.1. The van der Waals surface area contributed by atoms with Crippen molar-refractivity contribution < 1.29 is 52.4 Å². The van der Waals surface area contributed by atoms with Gasteiger partial charge in [-0.05, 0) is 206 Å². The molecule has 6 heterocycles. The van der Waals surface area contributed by atoms with E-state index in [2.05, 4.69) is 96.5 Å². The Morgan fingerprint density at radius 1 is 0.465 bits per heavy atom. The summed E-state index contributed by atoms with van der Waals surface area (Å²) in [6.07, 6.45) is 12.8. The smallest absolute Gasteiger partial charge is 0.444 e. The highest BCUT2D eigenvalue weighted by Gasteiger charge is 2.26. The highest BCUT2D eigenvalue weighted by molar-refractivity contribution is 6.18. The van der Waals surface area contributed by atoms with Crippen LogP contribution in [0.2, 0.25) is 0 Å². The van der Waals surface area contributed by atoms with Crippen molar-refractivity contribution in [1.82, 2.24) is 50.5 Å². The van der Waals surface area contributed by atoms with Gasteiger partial charge in [0, 0.05) is 184 Å². The van der Waals surface area contributed by atoms with Crippen LogP contribution in [0.4, 0.5) is 41.0 Å². The van der Waals surface area contributed by atoms with E-state index in [1.807, 2.05) is 107 Å². The molecule has 0 aliphatic carbocycles. The number of nitrogens with one attached hydrogen (secondary N) is 3. The lowest BCUT2D eigenvalue weighted by molar-refractivity contribution is -0.0295. The number of ether oxygens (including phenoxy) is 6. The predicted molar refractivity (Wildman–Crippen MR) is 421 cm³/mol. The number of alkyl halides is 3. The molecule has 0 unspecified atom stereocenters. The van der Waals surface area contributed by atoms with Gasteiger partial charge in [0.2, 0.25) is 0 Å². The number of halogens is 6. The summed E-state index contributed by atoms with van der Waals surface area (Å²) in [7, 11) is 5.53. The molecule has 3 amide bonds. The van der Waals surface area contributed by atoms with Crippen molar-refractivity contribution in [3.05, 3.63) is 73.6 Å². The first-order valence-corrected chi connectivity index (χ1v) is 35.7. The van der Waals surface area contributed by atoms with Crippen LogP contribution in [0.1, 0.15) is 136 Å².